The fraction of sp³-hybridized carbons (Fsp3) is 0.364. The monoisotopic (exact) mass is 528 g/mol. The van der Waals surface area contributed by atoms with Crippen LogP contribution in [-0.2, 0) is 11.2 Å². The minimum Gasteiger partial charge on any atom is -0.492 e. The van der Waals surface area contributed by atoms with Crippen molar-refractivity contribution in [3.05, 3.63) is 62.2 Å². The number of rotatable bonds is 6. The molecule has 2 aromatic carbocycles. The van der Waals surface area contributed by atoms with E-state index in [1.54, 1.807) is 17.0 Å². The van der Waals surface area contributed by atoms with Crippen molar-refractivity contribution in [2.75, 3.05) is 19.7 Å². The molecule has 0 spiro atoms. The Morgan fingerprint density at radius 1 is 1.23 bits per heavy atom. The summed E-state index contributed by atoms with van der Waals surface area (Å²) in [6.07, 6.45) is 1.74. The largest absolute Gasteiger partial charge is 0.492 e. The van der Waals surface area contributed by atoms with Crippen LogP contribution in [0.1, 0.15) is 41.3 Å². The molecule has 30 heavy (non-hydrogen) atoms. The summed E-state index contributed by atoms with van der Waals surface area (Å²) in [4.78, 5) is 25.5. The smallest absolute Gasteiger partial charge is 0.252 e. The molecule has 1 aliphatic heterocycles. The number of carbonyl (C=O) groups excluding carboxylic acids is 2. The number of primary amides is 1. The van der Waals surface area contributed by atoms with E-state index in [-0.39, 0.29) is 41.7 Å². The Kier molecular flexibility index (Phi) is 7.27. The molecular formula is C22H23F2IN2O3. The van der Waals surface area contributed by atoms with Gasteiger partial charge in [-0.1, -0.05) is 6.07 Å². The van der Waals surface area contributed by atoms with Crippen LogP contribution in [0.2, 0.25) is 0 Å². The maximum atomic E-state index is 14.3. The van der Waals surface area contributed by atoms with Crippen LogP contribution in [-0.4, -0.2) is 36.4 Å². The minimum atomic E-state index is -0.764. The second-order valence-electron chi connectivity index (χ2n) is 7.50. The summed E-state index contributed by atoms with van der Waals surface area (Å²) >= 11 is 2.00. The van der Waals surface area contributed by atoms with Gasteiger partial charge in [0.05, 0.1) is 12.2 Å². The maximum absolute atomic E-state index is 14.3. The van der Waals surface area contributed by atoms with Crippen LogP contribution >= 0.6 is 22.6 Å². The van der Waals surface area contributed by atoms with Gasteiger partial charge in [-0.05, 0) is 64.8 Å². The molecule has 0 saturated carbocycles. The van der Waals surface area contributed by atoms with Gasteiger partial charge < -0.3 is 15.4 Å². The number of piperidine rings is 1. The molecule has 160 valence electrons. The average molecular weight is 528 g/mol. The normalized spacial score (nSPS) is 16.4. The summed E-state index contributed by atoms with van der Waals surface area (Å²) in [6, 6.07) is 7.03. The fourth-order valence-electron chi connectivity index (χ4n) is 3.73. The molecule has 1 atom stereocenters. The number of carbonyl (C=O) groups is 2. The van der Waals surface area contributed by atoms with Gasteiger partial charge in [-0.3, -0.25) is 9.59 Å². The number of hydrogen-bond donors (Lipinski definition) is 1. The zero-order valence-electron chi connectivity index (χ0n) is 16.6. The van der Waals surface area contributed by atoms with Crippen LogP contribution in [0.4, 0.5) is 8.78 Å². The highest BCUT2D eigenvalue weighted by Gasteiger charge is 2.24. The van der Waals surface area contributed by atoms with E-state index in [4.69, 9.17) is 10.5 Å². The molecule has 1 unspecified atom stereocenters. The Balaban J connectivity index is 1.84. The van der Waals surface area contributed by atoms with Crippen molar-refractivity contribution in [1.82, 2.24) is 4.90 Å². The lowest BCUT2D eigenvalue weighted by molar-refractivity contribution is -0.130. The van der Waals surface area contributed by atoms with Gasteiger partial charge in [0.25, 0.3) is 5.91 Å². The van der Waals surface area contributed by atoms with Crippen molar-refractivity contribution >= 4 is 34.4 Å². The molecule has 1 heterocycles. The summed E-state index contributed by atoms with van der Waals surface area (Å²) in [6.45, 7) is 3.02. The number of halogens is 3. The highest BCUT2D eigenvalue weighted by Crippen LogP contribution is 2.28. The number of amides is 2. The maximum Gasteiger partial charge on any atom is 0.252 e. The number of hydrogen-bond acceptors (Lipinski definition) is 3. The highest BCUT2D eigenvalue weighted by atomic mass is 127. The number of likely N-dealkylation sites (tertiary alicyclic amines) is 1. The van der Waals surface area contributed by atoms with Crippen molar-refractivity contribution in [3.63, 3.8) is 0 Å². The fourth-order valence-corrected chi connectivity index (χ4v) is 4.19. The number of ether oxygens (including phenoxy) is 1. The van der Waals surface area contributed by atoms with Crippen molar-refractivity contribution in [3.8, 4) is 5.75 Å². The Morgan fingerprint density at radius 3 is 2.67 bits per heavy atom. The lowest BCUT2D eigenvalue weighted by Crippen LogP contribution is -2.40. The van der Waals surface area contributed by atoms with E-state index in [0.29, 0.717) is 18.7 Å². The molecule has 2 N–H and O–H groups in total. The van der Waals surface area contributed by atoms with Crippen molar-refractivity contribution < 1.29 is 23.1 Å². The summed E-state index contributed by atoms with van der Waals surface area (Å²) in [5.74, 6) is -1.67. The van der Waals surface area contributed by atoms with Gasteiger partial charge in [0.1, 0.15) is 17.4 Å². The zero-order valence-corrected chi connectivity index (χ0v) is 18.7. The van der Waals surface area contributed by atoms with Gasteiger partial charge in [0.2, 0.25) is 5.91 Å². The summed E-state index contributed by atoms with van der Waals surface area (Å²) in [7, 11) is 0. The Morgan fingerprint density at radius 2 is 2.00 bits per heavy atom. The topological polar surface area (TPSA) is 72.6 Å². The van der Waals surface area contributed by atoms with E-state index in [2.05, 4.69) is 0 Å². The molecule has 0 aromatic heterocycles. The third-order valence-electron chi connectivity index (χ3n) is 5.23. The Bertz CT molecular complexity index is 968. The molecule has 8 heteroatoms. The van der Waals surface area contributed by atoms with Gasteiger partial charge >= 0.3 is 0 Å². The van der Waals surface area contributed by atoms with E-state index in [1.807, 2.05) is 22.6 Å². The first-order valence-electron chi connectivity index (χ1n) is 9.69. The summed E-state index contributed by atoms with van der Waals surface area (Å²) in [5, 5.41) is 0. The van der Waals surface area contributed by atoms with Gasteiger partial charge in [-0.15, -0.1) is 0 Å². The van der Waals surface area contributed by atoms with Crippen LogP contribution in [0.15, 0.2) is 30.3 Å². The van der Waals surface area contributed by atoms with Crippen molar-refractivity contribution in [1.29, 1.82) is 0 Å². The van der Waals surface area contributed by atoms with E-state index < -0.39 is 17.5 Å². The van der Waals surface area contributed by atoms with Crippen LogP contribution in [0, 0.1) is 21.1 Å². The predicted molar refractivity (Wildman–Crippen MR) is 117 cm³/mol. The number of nitrogens with two attached hydrogens (primary N) is 1. The van der Waals surface area contributed by atoms with Crippen LogP contribution in [0.25, 0.3) is 0 Å². The standard InChI is InChI=1S/C22H23F2IN2O3/c1-13(28)27-6-2-3-14(11-27)12-30-20-9-17(23)8-16(21(20)22(26)29)7-15-4-5-18(25)10-19(15)24/h4-5,8-10,14H,2-3,6-7,11-12H2,1H3,(H2,26,29). The zero-order chi connectivity index (χ0) is 21.8. The third kappa shape index (κ3) is 5.47. The first-order valence-corrected chi connectivity index (χ1v) is 10.8. The Hall–Kier alpha value is -2.23. The lowest BCUT2D eigenvalue weighted by atomic mass is 9.97. The minimum absolute atomic E-state index is 0.00474. The molecule has 3 rings (SSSR count). The Labute approximate surface area is 187 Å². The molecule has 2 amide bonds. The highest BCUT2D eigenvalue weighted by molar-refractivity contribution is 14.1. The van der Waals surface area contributed by atoms with Gasteiger partial charge in [0.15, 0.2) is 0 Å². The second kappa shape index (κ2) is 9.72. The molecule has 0 radical (unpaired) electrons. The molecule has 0 bridgehead atoms. The lowest BCUT2D eigenvalue weighted by Gasteiger charge is -2.32. The van der Waals surface area contributed by atoms with Gasteiger partial charge in [-0.25, -0.2) is 8.78 Å². The third-order valence-corrected chi connectivity index (χ3v) is 5.90. The van der Waals surface area contributed by atoms with E-state index in [9.17, 15) is 18.4 Å². The quantitative estimate of drug-likeness (QED) is 0.579. The number of benzene rings is 2. The SMILES string of the molecule is CC(=O)N1CCCC(COc2cc(F)cc(Cc3ccc(I)cc3F)c2C(N)=O)C1. The summed E-state index contributed by atoms with van der Waals surface area (Å²) in [5.41, 5.74) is 6.21. The van der Waals surface area contributed by atoms with E-state index in [1.165, 1.54) is 19.1 Å². The van der Waals surface area contributed by atoms with Crippen LogP contribution < -0.4 is 10.5 Å². The van der Waals surface area contributed by atoms with Crippen LogP contribution in [0.5, 0.6) is 5.75 Å². The average Bonchev–Trinajstić information content (AvgIpc) is 2.68. The molecule has 5 nitrogen and oxygen atoms in total. The molecule has 1 saturated heterocycles. The summed E-state index contributed by atoms with van der Waals surface area (Å²) < 4.78 is 35.1. The first kappa shape index (κ1) is 22.5. The van der Waals surface area contributed by atoms with E-state index in [0.717, 1.165) is 22.5 Å². The number of nitrogens with zero attached hydrogens (tertiary/aromatic N) is 1. The second-order valence-corrected chi connectivity index (χ2v) is 8.74. The molecule has 1 fully saturated rings. The van der Waals surface area contributed by atoms with Gasteiger partial charge in [0, 0.05) is 42.0 Å². The predicted octanol–water partition coefficient (Wildman–Crippen LogP) is 3.90. The molecule has 1 aliphatic rings. The molecule has 2 aromatic rings. The van der Waals surface area contributed by atoms with Crippen molar-refractivity contribution in [2.24, 2.45) is 11.7 Å². The van der Waals surface area contributed by atoms with Crippen LogP contribution in [0.3, 0.4) is 0 Å². The van der Waals surface area contributed by atoms with E-state index >= 15 is 0 Å². The van der Waals surface area contributed by atoms with Gasteiger partial charge in [-0.2, -0.15) is 0 Å². The first-order chi connectivity index (χ1) is 14.2. The molecule has 0 aliphatic carbocycles. The molecular weight excluding hydrogens is 505 g/mol. The van der Waals surface area contributed by atoms with Crippen molar-refractivity contribution in [2.45, 2.75) is 26.2 Å².